The topological polar surface area (TPSA) is 131 Å². The molecule has 0 aliphatic carbocycles. The van der Waals surface area contributed by atoms with Crippen molar-refractivity contribution in [3.8, 4) is 11.3 Å². The van der Waals surface area contributed by atoms with E-state index in [2.05, 4.69) is 55.1 Å². The highest BCUT2D eigenvalue weighted by Gasteiger charge is 2.15. The number of nitrogens with zero attached hydrogens (tertiary/aromatic N) is 4. The molecule has 0 spiro atoms. The van der Waals surface area contributed by atoms with E-state index in [0.29, 0.717) is 22.9 Å². The van der Waals surface area contributed by atoms with Crippen LogP contribution >= 0.6 is 0 Å². The predicted octanol–water partition coefficient (Wildman–Crippen LogP) is 5.36. The number of likely N-dealkylation sites (N-methyl/N-ethyl adjacent to an activating group) is 1. The van der Waals surface area contributed by atoms with Gasteiger partial charge >= 0.3 is 6.03 Å². The minimum Gasteiger partial charge on any atom is -0.359 e. The highest BCUT2D eigenvalue weighted by molar-refractivity contribution is 6.04. The van der Waals surface area contributed by atoms with Gasteiger partial charge in [-0.15, -0.1) is 0 Å². The van der Waals surface area contributed by atoms with Crippen molar-refractivity contribution in [3.63, 3.8) is 0 Å². The number of unbranched alkanes of at least 4 members (excludes halogenated alkanes) is 1. The Labute approximate surface area is 245 Å². The maximum atomic E-state index is 12.8. The van der Waals surface area contributed by atoms with Crippen molar-refractivity contribution in [2.75, 3.05) is 49.2 Å². The molecule has 0 unspecified atom stereocenters. The van der Waals surface area contributed by atoms with E-state index in [1.807, 2.05) is 49.4 Å². The third-order valence-electron chi connectivity index (χ3n) is 7.40. The van der Waals surface area contributed by atoms with E-state index in [4.69, 9.17) is 4.52 Å². The van der Waals surface area contributed by atoms with Crippen LogP contribution in [-0.4, -0.2) is 70.3 Å². The fourth-order valence-corrected chi connectivity index (χ4v) is 4.83. The van der Waals surface area contributed by atoms with Crippen LogP contribution in [0.2, 0.25) is 0 Å². The van der Waals surface area contributed by atoms with Gasteiger partial charge in [-0.3, -0.25) is 20.1 Å². The first-order chi connectivity index (χ1) is 20.4. The highest BCUT2D eigenvalue weighted by Crippen LogP contribution is 2.25. The fraction of sp³-hybridized carbons (Fsp3) is 0.355. The standard InChI is InChI=1S/C31H38N8O3/c1-4-5-6-25-18-29(37-42-25)34-31(41)32-26-12-11-24(17-21(26)2)27-19-28(36-35-27)33-30(40)23-9-7-22(8-10-23)20-39-15-13-38(3)14-16-39/h7-12,17-19H,4-6,13-16,20H2,1-3H3,(H2,32,34,37,41)(H2,33,35,36,40). The van der Waals surface area contributed by atoms with E-state index < -0.39 is 6.03 Å². The zero-order valence-corrected chi connectivity index (χ0v) is 24.4. The molecule has 1 aliphatic heterocycles. The van der Waals surface area contributed by atoms with Crippen molar-refractivity contribution in [1.82, 2.24) is 25.2 Å². The van der Waals surface area contributed by atoms with E-state index >= 15 is 0 Å². The van der Waals surface area contributed by atoms with E-state index in [1.54, 1.807) is 12.1 Å². The van der Waals surface area contributed by atoms with Crippen molar-refractivity contribution in [3.05, 3.63) is 77.0 Å². The molecule has 0 atom stereocenters. The Bertz CT molecular complexity index is 1500. The quantitative estimate of drug-likeness (QED) is 0.202. The van der Waals surface area contributed by atoms with Crippen LogP contribution in [0.1, 0.15) is 47.0 Å². The van der Waals surface area contributed by atoms with Gasteiger partial charge in [0.2, 0.25) is 0 Å². The molecule has 0 bridgehead atoms. The lowest BCUT2D eigenvalue weighted by molar-refractivity contribution is 0.102. The lowest BCUT2D eigenvalue weighted by Gasteiger charge is -2.32. The van der Waals surface area contributed by atoms with E-state index in [0.717, 1.165) is 74.6 Å². The summed E-state index contributed by atoms with van der Waals surface area (Å²) in [5.74, 6) is 1.34. The van der Waals surface area contributed by atoms with Gasteiger partial charge in [-0.2, -0.15) is 5.10 Å². The van der Waals surface area contributed by atoms with Crippen LogP contribution in [0.15, 0.2) is 59.1 Å². The molecule has 3 heterocycles. The highest BCUT2D eigenvalue weighted by atomic mass is 16.5. The van der Waals surface area contributed by atoms with Crippen LogP contribution < -0.4 is 16.0 Å². The minimum atomic E-state index is -0.403. The van der Waals surface area contributed by atoms with Crippen molar-refractivity contribution < 1.29 is 14.1 Å². The van der Waals surface area contributed by atoms with E-state index in [9.17, 15) is 9.59 Å². The average Bonchev–Trinajstić information content (AvgIpc) is 3.64. The van der Waals surface area contributed by atoms with Gasteiger partial charge in [-0.1, -0.05) is 36.7 Å². The number of carbonyl (C=O) groups excluding carboxylic acids is 2. The van der Waals surface area contributed by atoms with Crippen molar-refractivity contribution in [2.24, 2.45) is 0 Å². The van der Waals surface area contributed by atoms with Crippen LogP contribution in [0.25, 0.3) is 11.3 Å². The molecule has 0 saturated carbocycles. The average molecular weight is 571 g/mol. The second kappa shape index (κ2) is 13.5. The molecule has 2 aromatic carbocycles. The molecule has 5 rings (SSSR count). The number of H-pyrrole nitrogens is 1. The Morgan fingerprint density at radius 3 is 2.48 bits per heavy atom. The molecular weight excluding hydrogens is 532 g/mol. The van der Waals surface area contributed by atoms with Gasteiger partial charge < -0.3 is 20.1 Å². The largest absolute Gasteiger partial charge is 0.359 e. The van der Waals surface area contributed by atoms with Crippen molar-refractivity contribution in [1.29, 1.82) is 0 Å². The van der Waals surface area contributed by atoms with E-state index in [-0.39, 0.29) is 5.91 Å². The number of aryl methyl sites for hydroxylation is 2. The van der Waals surface area contributed by atoms with Gasteiger partial charge in [0.15, 0.2) is 11.6 Å². The number of amides is 3. The van der Waals surface area contributed by atoms with Crippen LogP contribution in [0.5, 0.6) is 0 Å². The number of aromatic amines is 1. The first-order valence-corrected chi connectivity index (χ1v) is 14.4. The van der Waals surface area contributed by atoms with Gasteiger partial charge in [0.25, 0.3) is 5.91 Å². The number of hydrogen-bond donors (Lipinski definition) is 4. The maximum Gasteiger partial charge on any atom is 0.324 e. The molecule has 11 heteroatoms. The number of rotatable bonds is 10. The summed E-state index contributed by atoms with van der Waals surface area (Å²) in [6.07, 6.45) is 2.85. The SMILES string of the molecule is CCCCc1cc(NC(=O)Nc2ccc(-c3cc(NC(=O)c4ccc(CN5CCN(C)CC5)cc4)n[nH]3)cc2C)no1. The van der Waals surface area contributed by atoms with Crippen LogP contribution in [-0.2, 0) is 13.0 Å². The summed E-state index contributed by atoms with van der Waals surface area (Å²) in [5.41, 5.74) is 4.91. The lowest BCUT2D eigenvalue weighted by atomic mass is 10.1. The van der Waals surface area contributed by atoms with E-state index in [1.165, 1.54) is 5.56 Å². The number of benzene rings is 2. The molecule has 1 aliphatic rings. The number of nitrogens with one attached hydrogen (secondary N) is 4. The molecule has 3 amide bonds. The molecule has 0 radical (unpaired) electrons. The Morgan fingerprint density at radius 2 is 1.74 bits per heavy atom. The number of aromatic nitrogens is 3. The van der Waals surface area contributed by atoms with Gasteiger partial charge in [0, 0.05) is 68.1 Å². The lowest BCUT2D eigenvalue weighted by Crippen LogP contribution is -2.43. The maximum absolute atomic E-state index is 12.8. The minimum absolute atomic E-state index is 0.217. The van der Waals surface area contributed by atoms with Crippen molar-refractivity contribution in [2.45, 2.75) is 39.7 Å². The summed E-state index contributed by atoms with van der Waals surface area (Å²) >= 11 is 0. The van der Waals surface area contributed by atoms with Gasteiger partial charge in [-0.25, -0.2) is 4.79 Å². The van der Waals surface area contributed by atoms with Crippen LogP contribution in [0, 0.1) is 6.92 Å². The summed E-state index contributed by atoms with van der Waals surface area (Å²) < 4.78 is 5.26. The summed E-state index contributed by atoms with van der Waals surface area (Å²) in [7, 11) is 2.15. The first-order valence-electron chi connectivity index (χ1n) is 14.4. The summed E-state index contributed by atoms with van der Waals surface area (Å²) in [4.78, 5) is 30.1. The Kier molecular flexibility index (Phi) is 9.30. The summed E-state index contributed by atoms with van der Waals surface area (Å²) in [6, 6.07) is 16.5. The number of anilines is 3. The third kappa shape index (κ3) is 7.62. The molecule has 1 fully saturated rings. The summed E-state index contributed by atoms with van der Waals surface area (Å²) in [5, 5.41) is 19.6. The van der Waals surface area contributed by atoms with Crippen LogP contribution in [0.3, 0.4) is 0 Å². The monoisotopic (exact) mass is 570 g/mol. The zero-order chi connectivity index (χ0) is 29.5. The normalized spacial score (nSPS) is 14.1. The van der Waals surface area contributed by atoms with Crippen molar-refractivity contribution >= 4 is 29.3 Å². The number of urea groups is 1. The number of hydrogen-bond acceptors (Lipinski definition) is 7. The van der Waals surface area contributed by atoms with Gasteiger partial charge in [0.05, 0.1) is 5.69 Å². The Morgan fingerprint density at radius 1 is 0.952 bits per heavy atom. The molecule has 2 aromatic heterocycles. The van der Waals surface area contributed by atoms with Crippen LogP contribution in [0.4, 0.5) is 22.1 Å². The second-order valence-corrected chi connectivity index (χ2v) is 10.8. The molecule has 220 valence electrons. The fourth-order valence-electron chi connectivity index (χ4n) is 4.83. The predicted molar refractivity (Wildman–Crippen MR) is 164 cm³/mol. The smallest absolute Gasteiger partial charge is 0.324 e. The second-order valence-electron chi connectivity index (χ2n) is 10.8. The molecule has 1 saturated heterocycles. The molecular formula is C31H38N8O3. The molecule has 4 N–H and O–H groups in total. The first kappa shape index (κ1) is 29.0. The zero-order valence-electron chi connectivity index (χ0n) is 24.4. The Hall–Kier alpha value is -4.48. The number of carbonyl (C=O) groups is 2. The third-order valence-corrected chi connectivity index (χ3v) is 7.40. The summed E-state index contributed by atoms with van der Waals surface area (Å²) in [6.45, 7) is 9.16. The molecule has 42 heavy (non-hydrogen) atoms. The number of piperazine rings is 1. The van der Waals surface area contributed by atoms with Gasteiger partial charge in [-0.05, 0) is 55.8 Å². The molecule has 11 nitrogen and oxygen atoms in total. The Balaban J connectivity index is 1.14. The van der Waals surface area contributed by atoms with Gasteiger partial charge in [0.1, 0.15) is 5.76 Å². The molecule has 4 aromatic rings.